The monoisotopic (exact) mass is 402 g/mol. The summed E-state index contributed by atoms with van der Waals surface area (Å²) in [5.41, 5.74) is 1.25. The van der Waals surface area contributed by atoms with Crippen molar-refractivity contribution < 1.29 is 13.9 Å². The molecule has 29 heavy (non-hydrogen) atoms. The van der Waals surface area contributed by atoms with E-state index in [0.717, 1.165) is 51.3 Å². The average molecular weight is 403 g/mol. The zero-order valence-corrected chi connectivity index (χ0v) is 17.2. The number of aliphatic imine (C=N–C) groups is 1. The maximum absolute atomic E-state index is 13.3. The molecule has 1 aliphatic carbocycles. The van der Waals surface area contributed by atoms with Crippen molar-refractivity contribution in [1.82, 2.24) is 15.1 Å². The molecule has 2 aliphatic heterocycles. The van der Waals surface area contributed by atoms with Crippen LogP contribution in [0.1, 0.15) is 37.7 Å². The fourth-order valence-electron chi connectivity index (χ4n) is 4.67. The minimum Gasteiger partial charge on any atom is -0.368 e. The van der Waals surface area contributed by atoms with E-state index in [0.29, 0.717) is 19.7 Å². The topological polar surface area (TPSA) is 57.2 Å². The van der Waals surface area contributed by atoms with Crippen LogP contribution in [0.3, 0.4) is 0 Å². The standard InChI is InChI=1S/C22H31FN4O2/c1-24-21(25-16-22(9-3-10-22)17-5-7-18(23)8-6-17)27-13-11-26(12-14-27)20(28)19-4-2-15-29-19/h5-8,19H,2-4,9-16H2,1H3,(H,24,25). The van der Waals surface area contributed by atoms with Crippen LogP contribution in [-0.2, 0) is 14.9 Å². The molecule has 1 N–H and O–H groups in total. The number of nitrogens with one attached hydrogen (secondary N) is 1. The van der Waals surface area contributed by atoms with Crippen molar-refractivity contribution >= 4 is 11.9 Å². The van der Waals surface area contributed by atoms with Gasteiger partial charge in [-0.15, -0.1) is 0 Å². The first-order chi connectivity index (χ1) is 14.1. The first kappa shape index (κ1) is 20.1. The van der Waals surface area contributed by atoms with Gasteiger partial charge >= 0.3 is 0 Å². The molecule has 2 heterocycles. The maximum Gasteiger partial charge on any atom is 0.251 e. The van der Waals surface area contributed by atoms with Crippen molar-refractivity contribution in [2.45, 2.75) is 43.6 Å². The lowest BCUT2D eigenvalue weighted by Crippen LogP contribution is -2.57. The van der Waals surface area contributed by atoms with Crippen molar-refractivity contribution in [3.63, 3.8) is 0 Å². The summed E-state index contributed by atoms with van der Waals surface area (Å²) in [6, 6.07) is 6.92. The van der Waals surface area contributed by atoms with E-state index in [1.165, 1.54) is 12.0 Å². The lowest BCUT2D eigenvalue weighted by Gasteiger charge is -2.44. The highest BCUT2D eigenvalue weighted by Crippen LogP contribution is 2.43. The maximum atomic E-state index is 13.3. The van der Waals surface area contributed by atoms with Crippen molar-refractivity contribution in [2.75, 3.05) is 46.4 Å². The lowest BCUT2D eigenvalue weighted by atomic mass is 9.64. The summed E-state index contributed by atoms with van der Waals surface area (Å²) in [5, 5.41) is 3.55. The van der Waals surface area contributed by atoms with Gasteiger partial charge in [0, 0.05) is 51.8 Å². The normalized spacial score (nSPS) is 24.3. The smallest absolute Gasteiger partial charge is 0.251 e. The van der Waals surface area contributed by atoms with E-state index >= 15 is 0 Å². The molecule has 0 radical (unpaired) electrons. The minimum absolute atomic E-state index is 0.0568. The molecule has 1 unspecified atom stereocenters. The molecule has 0 spiro atoms. The molecule has 2 saturated heterocycles. The number of amides is 1. The largest absolute Gasteiger partial charge is 0.368 e. The number of rotatable bonds is 4. The van der Waals surface area contributed by atoms with Gasteiger partial charge in [0.05, 0.1) is 0 Å². The summed E-state index contributed by atoms with van der Waals surface area (Å²) in [5.74, 6) is 0.819. The zero-order valence-electron chi connectivity index (χ0n) is 17.2. The molecule has 1 amide bonds. The zero-order chi connectivity index (χ0) is 20.3. The molecule has 0 bridgehead atoms. The van der Waals surface area contributed by atoms with Crippen molar-refractivity contribution in [3.05, 3.63) is 35.6 Å². The molecule has 6 nitrogen and oxygen atoms in total. The average Bonchev–Trinajstić information content (AvgIpc) is 3.26. The Morgan fingerprint density at radius 2 is 1.86 bits per heavy atom. The molecule has 4 rings (SSSR count). The Labute approximate surface area is 172 Å². The second-order valence-corrected chi connectivity index (χ2v) is 8.36. The van der Waals surface area contributed by atoms with Crippen LogP contribution in [0.5, 0.6) is 0 Å². The summed E-state index contributed by atoms with van der Waals surface area (Å²) in [6.45, 7) is 4.41. The van der Waals surface area contributed by atoms with Crippen LogP contribution in [-0.4, -0.2) is 74.1 Å². The van der Waals surface area contributed by atoms with E-state index < -0.39 is 0 Å². The SMILES string of the molecule is CN=C(NCC1(c2ccc(F)cc2)CCC1)N1CCN(C(=O)C2CCCO2)CC1. The molecule has 3 fully saturated rings. The van der Waals surface area contributed by atoms with Crippen molar-refractivity contribution in [1.29, 1.82) is 0 Å². The summed E-state index contributed by atoms with van der Waals surface area (Å²) < 4.78 is 18.9. The van der Waals surface area contributed by atoms with Gasteiger partial charge in [-0.05, 0) is 43.4 Å². The number of piperazine rings is 1. The Hall–Kier alpha value is -2.15. The number of hydrogen-bond donors (Lipinski definition) is 1. The van der Waals surface area contributed by atoms with Crippen LogP contribution in [0.4, 0.5) is 4.39 Å². The Morgan fingerprint density at radius 1 is 1.17 bits per heavy atom. The molecule has 7 heteroatoms. The highest BCUT2D eigenvalue weighted by molar-refractivity contribution is 5.83. The molecule has 1 aromatic carbocycles. The number of guanidine groups is 1. The Bertz CT molecular complexity index is 734. The third-order valence-electron chi connectivity index (χ3n) is 6.66. The van der Waals surface area contributed by atoms with Crippen LogP contribution in [0.2, 0.25) is 0 Å². The minimum atomic E-state index is -0.242. The molecule has 3 aliphatic rings. The van der Waals surface area contributed by atoms with Gasteiger partial charge in [-0.3, -0.25) is 9.79 Å². The van der Waals surface area contributed by atoms with E-state index in [9.17, 15) is 9.18 Å². The van der Waals surface area contributed by atoms with Gasteiger partial charge in [0.1, 0.15) is 11.9 Å². The highest BCUT2D eigenvalue weighted by Gasteiger charge is 2.39. The molecule has 1 aromatic rings. The van der Waals surface area contributed by atoms with Gasteiger partial charge in [0.15, 0.2) is 5.96 Å². The van der Waals surface area contributed by atoms with Crippen LogP contribution in [0, 0.1) is 5.82 Å². The fraction of sp³-hybridized carbons (Fsp3) is 0.636. The number of carbonyl (C=O) groups is 1. The van der Waals surface area contributed by atoms with Crippen LogP contribution < -0.4 is 5.32 Å². The van der Waals surface area contributed by atoms with E-state index in [1.807, 2.05) is 17.0 Å². The van der Waals surface area contributed by atoms with E-state index in [2.05, 4.69) is 15.2 Å². The first-order valence-corrected chi connectivity index (χ1v) is 10.7. The Balaban J connectivity index is 1.32. The highest BCUT2D eigenvalue weighted by atomic mass is 19.1. The van der Waals surface area contributed by atoms with Gasteiger partial charge < -0.3 is 19.9 Å². The van der Waals surface area contributed by atoms with Gasteiger partial charge in [0.25, 0.3) is 5.91 Å². The molecule has 1 atom stereocenters. The molecular formula is C22H31FN4O2. The fourth-order valence-corrected chi connectivity index (χ4v) is 4.67. The van der Waals surface area contributed by atoms with Crippen molar-refractivity contribution in [3.8, 4) is 0 Å². The lowest BCUT2D eigenvalue weighted by molar-refractivity contribution is -0.142. The second kappa shape index (κ2) is 8.69. The number of ether oxygens (including phenoxy) is 1. The van der Waals surface area contributed by atoms with E-state index in [-0.39, 0.29) is 23.2 Å². The number of hydrogen-bond acceptors (Lipinski definition) is 3. The van der Waals surface area contributed by atoms with Crippen LogP contribution in [0.15, 0.2) is 29.3 Å². The van der Waals surface area contributed by atoms with Gasteiger partial charge in [-0.2, -0.15) is 0 Å². The first-order valence-electron chi connectivity index (χ1n) is 10.7. The third kappa shape index (κ3) is 4.25. The van der Waals surface area contributed by atoms with Crippen LogP contribution in [0.25, 0.3) is 0 Å². The molecular weight excluding hydrogens is 371 g/mol. The number of carbonyl (C=O) groups excluding carboxylic acids is 1. The molecule has 158 valence electrons. The molecule has 1 saturated carbocycles. The predicted molar refractivity (Wildman–Crippen MR) is 110 cm³/mol. The van der Waals surface area contributed by atoms with E-state index in [4.69, 9.17) is 4.74 Å². The summed E-state index contributed by atoms with van der Waals surface area (Å²) in [6.07, 6.45) is 4.98. The van der Waals surface area contributed by atoms with Crippen LogP contribution >= 0.6 is 0 Å². The van der Waals surface area contributed by atoms with Crippen molar-refractivity contribution in [2.24, 2.45) is 4.99 Å². The van der Waals surface area contributed by atoms with Gasteiger partial charge in [-0.25, -0.2) is 4.39 Å². The summed E-state index contributed by atoms with van der Waals surface area (Å²) in [7, 11) is 1.80. The van der Waals surface area contributed by atoms with Gasteiger partial charge in [0.2, 0.25) is 0 Å². The third-order valence-corrected chi connectivity index (χ3v) is 6.66. The Kier molecular flexibility index (Phi) is 6.04. The number of benzene rings is 1. The summed E-state index contributed by atoms with van der Waals surface area (Å²) >= 11 is 0. The number of nitrogens with zero attached hydrogens (tertiary/aromatic N) is 3. The molecule has 0 aromatic heterocycles. The summed E-state index contributed by atoms with van der Waals surface area (Å²) in [4.78, 5) is 21.2. The van der Waals surface area contributed by atoms with E-state index in [1.54, 1.807) is 19.2 Å². The quantitative estimate of drug-likeness (QED) is 0.619. The predicted octanol–water partition coefficient (Wildman–Crippen LogP) is 2.15. The number of halogens is 1. The Morgan fingerprint density at radius 3 is 2.41 bits per heavy atom. The second-order valence-electron chi connectivity index (χ2n) is 8.36. The van der Waals surface area contributed by atoms with Gasteiger partial charge in [-0.1, -0.05) is 18.6 Å².